The summed E-state index contributed by atoms with van der Waals surface area (Å²) in [6.07, 6.45) is 4.40. The van der Waals surface area contributed by atoms with Crippen molar-refractivity contribution < 1.29 is 23.8 Å². The second-order valence-electron chi connectivity index (χ2n) is 6.66. The Morgan fingerprint density at radius 2 is 1.89 bits per heavy atom. The van der Waals surface area contributed by atoms with Crippen molar-refractivity contribution in [2.75, 3.05) is 27.3 Å². The van der Waals surface area contributed by atoms with Gasteiger partial charge < -0.3 is 19.1 Å². The van der Waals surface area contributed by atoms with Crippen LogP contribution in [0.5, 0.6) is 11.5 Å². The number of hydrogen-bond acceptors (Lipinski definition) is 5. The zero-order valence-electron chi connectivity index (χ0n) is 16.2. The standard InChI is InChI=1S/C20H26ClNO5/c1-13(2)27-19-16(21)11-14(12-17(19)25-3)5-6-18(23)22-9-7-15(8-10-22)20(24)26-4/h5-6,11-13,15H,7-10H2,1-4H3. The van der Waals surface area contributed by atoms with Gasteiger partial charge in [0.2, 0.25) is 5.91 Å². The Morgan fingerprint density at radius 3 is 2.44 bits per heavy atom. The molecule has 0 aromatic heterocycles. The summed E-state index contributed by atoms with van der Waals surface area (Å²) < 4.78 is 15.8. The molecule has 1 aromatic carbocycles. The van der Waals surface area contributed by atoms with Gasteiger partial charge in [-0.25, -0.2) is 0 Å². The third-order valence-electron chi connectivity index (χ3n) is 4.36. The fraction of sp³-hybridized carbons (Fsp3) is 0.500. The van der Waals surface area contributed by atoms with Gasteiger partial charge in [0.1, 0.15) is 0 Å². The molecule has 1 saturated heterocycles. The van der Waals surface area contributed by atoms with Crippen LogP contribution >= 0.6 is 11.6 Å². The molecule has 0 N–H and O–H groups in total. The molecule has 0 atom stereocenters. The van der Waals surface area contributed by atoms with Gasteiger partial charge in [0.05, 0.1) is 31.3 Å². The van der Waals surface area contributed by atoms with Crippen molar-refractivity contribution in [1.29, 1.82) is 0 Å². The van der Waals surface area contributed by atoms with Crippen molar-refractivity contribution in [3.8, 4) is 11.5 Å². The highest BCUT2D eigenvalue weighted by Crippen LogP contribution is 2.37. The van der Waals surface area contributed by atoms with Crippen molar-refractivity contribution in [2.45, 2.75) is 32.8 Å². The zero-order valence-corrected chi connectivity index (χ0v) is 16.9. The van der Waals surface area contributed by atoms with Crippen LogP contribution in [0.3, 0.4) is 0 Å². The van der Waals surface area contributed by atoms with Crippen LogP contribution in [0, 0.1) is 5.92 Å². The number of piperidine rings is 1. The van der Waals surface area contributed by atoms with Crippen LogP contribution in [0.2, 0.25) is 5.02 Å². The van der Waals surface area contributed by atoms with Crippen LogP contribution < -0.4 is 9.47 Å². The lowest BCUT2D eigenvalue weighted by Crippen LogP contribution is -2.39. The summed E-state index contributed by atoms with van der Waals surface area (Å²) in [5.74, 6) is 0.573. The SMILES string of the molecule is COC(=O)C1CCN(C(=O)C=Cc2cc(Cl)c(OC(C)C)c(OC)c2)CC1. The number of benzene rings is 1. The van der Waals surface area contributed by atoms with Crippen LogP contribution in [-0.2, 0) is 14.3 Å². The quantitative estimate of drug-likeness (QED) is 0.544. The summed E-state index contributed by atoms with van der Waals surface area (Å²) >= 11 is 6.30. The molecule has 2 rings (SSSR count). The van der Waals surface area contributed by atoms with Gasteiger partial charge in [-0.05, 0) is 50.5 Å². The summed E-state index contributed by atoms with van der Waals surface area (Å²) in [6.45, 7) is 4.89. The largest absolute Gasteiger partial charge is 0.493 e. The minimum atomic E-state index is -0.205. The number of halogens is 1. The summed E-state index contributed by atoms with van der Waals surface area (Å²) in [4.78, 5) is 25.7. The summed E-state index contributed by atoms with van der Waals surface area (Å²) in [5, 5.41) is 0.425. The lowest BCUT2D eigenvalue weighted by molar-refractivity contribution is -0.148. The Hall–Kier alpha value is -2.21. The smallest absolute Gasteiger partial charge is 0.308 e. The maximum absolute atomic E-state index is 12.4. The van der Waals surface area contributed by atoms with Crippen molar-refractivity contribution in [3.63, 3.8) is 0 Å². The van der Waals surface area contributed by atoms with E-state index in [9.17, 15) is 9.59 Å². The van der Waals surface area contributed by atoms with E-state index in [0.717, 1.165) is 5.56 Å². The lowest BCUT2D eigenvalue weighted by atomic mass is 9.97. The molecule has 1 fully saturated rings. The van der Waals surface area contributed by atoms with Gasteiger partial charge in [0, 0.05) is 19.2 Å². The molecular formula is C20H26ClNO5. The normalized spacial score (nSPS) is 15.3. The van der Waals surface area contributed by atoms with E-state index in [0.29, 0.717) is 42.5 Å². The van der Waals surface area contributed by atoms with E-state index >= 15 is 0 Å². The van der Waals surface area contributed by atoms with Crippen molar-refractivity contribution in [1.82, 2.24) is 4.90 Å². The van der Waals surface area contributed by atoms with Gasteiger partial charge in [0.15, 0.2) is 11.5 Å². The Balaban J connectivity index is 2.04. The monoisotopic (exact) mass is 395 g/mol. The second-order valence-corrected chi connectivity index (χ2v) is 7.06. The van der Waals surface area contributed by atoms with Crippen molar-refractivity contribution in [2.24, 2.45) is 5.92 Å². The van der Waals surface area contributed by atoms with Crippen molar-refractivity contribution >= 4 is 29.6 Å². The minimum Gasteiger partial charge on any atom is -0.493 e. The molecule has 0 aliphatic carbocycles. The predicted octanol–water partition coefficient (Wildman–Crippen LogP) is 3.56. The van der Waals surface area contributed by atoms with E-state index < -0.39 is 0 Å². The summed E-state index contributed by atoms with van der Waals surface area (Å²) in [7, 11) is 2.93. The Labute approximate surface area is 165 Å². The maximum atomic E-state index is 12.4. The third-order valence-corrected chi connectivity index (χ3v) is 4.65. The van der Waals surface area contributed by atoms with Gasteiger partial charge in [-0.15, -0.1) is 0 Å². The number of carbonyl (C=O) groups excluding carboxylic acids is 2. The van der Waals surface area contributed by atoms with E-state index in [1.807, 2.05) is 13.8 Å². The van der Waals surface area contributed by atoms with Crippen LogP contribution in [0.25, 0.3) is 6.08 Å². The Bertz CT molecular complexity index is 709. The van der Waals surface area contributed by atoms with Crippen LogP contribution in [0.15, 0.2) is 18.2 Å². The molecule has 0 spiro atoms. The average Bonchev–Trinajstić information content (AvgIpc) is 2.66. The first-order valence-corrected chi connectivity index (χ1v) is 9.32. The first-order valence-electron chi connectivity index (χ1n) is 8.94. The number of hydrogen-bond donors (Lipinski definition) is 0. The van der Waals surface area contributed by atoms with Gasteiger partial charge in [-0.3, -0.25) is 9.59 Å². The minimum absolute atomic E-state index is 0.0349. The Kier molecular flexibility index (Phi) is 7.54. The maximum Gasteiger partial charge on any atom is 0.308 e. The number of carbonyl (C=O) groups is 2. The lowest BCUT2D eigenvalue weighted by Gasteiger charge is -2.29. The molecule has 0 unspecified atom stereocenters. The van der Waals surface area contributed by atoms with E-state index in [1.165, 1.54) is 13.2 Å². The molecule has 7 heteroatoms. The fourth-order valence-electron chi connectivity index (χ4n) is 2.96. The fourth-order valence-corrected chi connectivity index (χ4v) is 3.22. The molecule has 0 bridgehead atoms. The summed E-state index contributed by atoms with van der Waals surface area (Å²) in [5.41, 5.74) is 0.741. The third kappa shape index (κ3) is 5.63. The average molecular weight is 396 g/mol. The topological polar surface area (TPSA) is 65.1 Å². The molecule has 1 aliphatic heterocycles. The second kappa shape index (κ2) is 9.65. The highest BCUT2D eigenvalue weighted by atomic mass is 35.5. The number of nitrogens with zero attached hydrogens (tertiary/aromatic N) is 1. The van der Waals surface area contributed by atoms with Gasteiger partial charge in [-0.2, -0.15) is 0 Å². The van der Waals surface area contributed by atoms with E-state index in [4.69, 9.17) is 25.8 Å². The number of likely N-dealkylation sites (tertiary alicyclic amines) is 1. The molecule has 1 heterocycles. The highest BCUT2D eigenvalue weighted by molar-refractivity contribution is 6.32. The van der Waals surface area contributed by atoms with E-state index in [1.54, 1.807) is 30.2 Å². The molecule has 148 valence electrons. The highest BCUT2D eigenvalue weighted by Gasteiger charge is 2.27. The first kappa shape index (κ1) is 21.1. The molecule has 1 aromatic rings. The van der Waals surface area contributed by atoms with E-state index in [2.05, 4.69) is 0 Å². The first-order chi connectivity index (χ1) is 12.8. The summed E-state index contributed by atoms with van der Waals surface area (Å²) in [6, 6.07) is 3.51. The predicted molar refractivity (Wildman–Crippen MR) is 104 cm³/mol. The number of esters is 1. The van der Waals surface area contributed by atoms with Gasteiger partial charge in [-0.1, -0.05) is 11.6 Å². The van der Waals surface area contributed by atoms with Crippen LogP contribution in [0.4, 0.5) is 0 Å². The number of ether oxygens (including phenoxy) is 3. The Morgan fingerprint density at radius 1 is 1.22 bits per heavy atom. The zero-order chi connectivity index (χ0) is 20.0. The van der Waals surface area contributed by atoms with Crippen LogP contribution in [0.1, 0.15) is 32.3 Å². The molecule has 1 amide bonds. The number of amides is 1. The molecule has 0 radical (unpaired) electrons. The number of rotatable bonds is 6. The van der Waals surface area contributed by atoms with Gasteiger partial charge >= 0.3 is 5.97 Å². The molecule has 27 heavy (non-hydrogen) atoms. The van der Waals surface area contributed by atoms with Crippen molar-refractivity contribution in [3.05, 3.63) is 28.8 Å². The molecule has 1 aliphatic rings. The van der Waals surface area contributed by atoms with Crippen LogP contribution in [-0.4, -0.2) is 50.2 Å². The van der Waals surface area contributed by atoms with Gasteiger partial charge in [0.25, 0.3) is 0 Å². The van der Waals surface area contributed by atoms with E-state index in [-0.39, 0.29) is 23.9 Å². The molecule has 0 saturated carbocycles. The number of methoxy groups -OCH3 is 2. The molecule has 6 nitrogen and oxygen atoms in total. The molecular weight excluding hydrogens is 370 g/mol.